The summed E-state index contributed by atoms with van der Waals surface area (Å²) in [7, 11) is 0. The minimum Gasteiger partial charge on any atom is -0.355 e. The van der Waals surface area contributed by atoms with Gasteiger partial charge in [0.25, 0.3) is 0 Å². The van der Waals surface area contributed by atoms with Gasteiger partial charge in [-0.1, -0.05) is 75.0 Å². The quantitative estimate of drug-likeness (QED) is 0.601. The van der Waals surface area contributed by atoms with Crippen molar-refractivity contribution in [3.05, 3.63) is 47.7 Å². The Morgan fingerprint density at radius 1 is 0.720 bits per heavy atom. The molecule has 2 aliphatic carbocycles. The number of hydrogen-bond donors (Lipinski definition) is 1. The Bertz CT molecular complexity index is 737. The van der Waals surface area contributed by atoms with Gasteiger partial charge < -0.3 is 4.98 Å². The monoisotopic (exact) mass is 333 g/mol. The van der Waals surface area contributed by atoms with E-state index in [1.165, 1.54) is 86.4 Å². The van der Waals surface area contributed by atoms with Crippen molar-refractivity contribution in [3.63, 3.8) is 0 Å². The van der Waals surface area contributed by atoms with Crippen molar-refractivity contribution in [3.8, 4) is 0 Å². The molecule has 2 aromatic rings. The van der Waals surface area contributed by atoms with Crippen LogP contribution in [-0.4, -0.2) is 4.98 Å². The Kier molecular flexibility index (Phi) is 5.40. The molecule has 0 radical (unpaired) electrons. The second kappa shape index (κ2) is 8.08. The van der Waals surface area contributed by atoms with Gasteiger partial charge in [-0.25, -0.2) is 0 Å². The first-order valence-electron chi connectivity index (χ1n) is 10.4. The molecule has 1 N–H and O–H groups in total. The van der Waals surface area contributed by atoms with Gasteiger partial charge >= 0.3 is 0 Å². The molecular weight excluding hydrogens is 302 g/mol. The average Bonchev–Trinajstić information content (AvgIpc) is 3.04. The summed E-state index contributed by atoms with van der Waals surface area (Å²) in [5.74, 6) is 1.55. The summed E-state index contributed by atoms with van der Waals surface area (Å²) >= 11 is 0. The smallest absolute Gasteiger partial charge is 0.0464 e. The van der Waals surface area contributed by atoms with Gasteiger partial charge in [-0.15, -0.1) is 0 Å². The number of nitrogens with one attached hydrogen (secondary N) is 1. The van der Waals surface area contributed by atoms with Gasteiger partial charge in [0, 0.05) is 22.2 Å². The lowest BCUT2D eigenvalue weighted by molar-refractivity contribution is 0.420. The molecule has 0 bridgehead atoms. The van der Waals surface area contributed by atoms with E-state index in [1.807, 2.05) is 0 Å². The zero-order valence-electron chi connectivity index (χ0n) is 15.3. The molecule has 0 saturated heterocycles. The molecule has 132 valence electrons. The van der Waals surface area contributed by atoms with Gasteiger partial charge in [-0.05, 0) is 49.7 Å². The van der Waals surface area contributed by atoms with Crippen molar-refractivity contribution < 1.29 is 0 Å². The molecule has 1 nitrogen and oxygen atoms in total. The second-order valence-corrected chi connectivity index (χ2v) is 8.01. The van der Waals surface area contributed by atoms with E-state index in [2.05, 4.69) is 53.6 Å². The van der Waals surface area contributed by atoms with Crippen LogP contribution in [0.1, 0.15) is 75.5 Å². The van der Waals surface area contributed by atoms with E-state index in [-0.39, 0.29) is 0 Å². The Labute approximate surface area is 152 Å². The lowest BCUT2D eigenvalue weighted by Crippen LogP contribution is -2.02. The van der Waals surface area contributed by atoms with E-state index in [0.717, 1.165) is 11.8 Å². The predicted molar refractivity (Wildman–Crippen MR) is 110 cm³/mol. The zero-order valence-corrected chi connectivity index (χ0v) is 15.3. The van der Waals surface area contributed by atoms with Crippen LogP contribution in [0.15, 0.2) is 36.4 Å². The molecule has 0 atom stereocenters. The van der Waals surface area contributed by atoms with Crippen LogP contribution in [0.3, 0.4) is 0 Å². The van der Waals surface area contributed by atoms with Gasteiger partial charge in [0.2, 0.25) is 0 Å². The number of H-pyrrole nitrogens is 1. The van der Waals surface area contributed by atoms with Gasteiger partial charge in [0.15, 0.2) is 0 Å². The number of rotatable bonds is 4. The molecule has 25 heavy (non-hydrogen) atoms. The molecule has 2 fully saturated rings. The Hall–Kier alpha value is -1.76. The fourth-order valence-electron chi connectivity index (χ4n) is 4.61. The number of allylic oxidation sites excluding steroid dienone is 2. The Morgan fingerprint density at radius 3 is 2.00 bits per heavy atom. The molecule has 0 amide bonds. The maximum Gasteiger partial charge on any atom is 0.0464 e. The highest BCUT2D eigenvalue weighted by molar-refractivity contribution is 5.93. The van der Waals surface area contributed by atoms with Crippen LogP contribution in [0.5, 0.6) is 0 Å². The van der Waals surface area contributed by atoms with Crippen LogP contribution < -0.4 is 0 Å². The SMILES string of the molecule is C(=C\C1CCCCC1)/c1[nH]c2ccccc2c1/C=C/C1CCCCC1. The minimum absolute atomic E-state index is 0.773. The van der Waals surface area contributed by atoms with Crippen LogP contribution in [0.25, 0.3) is 23.1 Å². The Balaban J connectivity index is 1.60. The third-order valence-electron chi connectivity index (χ3n) is 6.15. The molecule has 1 heterocycles. The number of benzene rings is 1. The fraction of sp³-hybridized carbons (Fsp3) is 0.500. The van der Waals surface area contributed by atoms with E-state index in [4.69, 9.17) is 0 Å². The van der Waals surface area contributed by atoms with Crippen LogP contribution in [0.4, 0.5) is 0 Å². The number of aromatic nitrogens is 1. The maximum absolute atomic E-state index is 3.65. The second-order valence-electron chi connectivity index (χ2n) is 8.01. The van der Waals surface area contributed by atoms with Crippen LogP contribution in [-0.2, 0) is 0 Å². The summed E-state index contributed by atoms with van der Waals surface area (Å²) in [5, 5.41) is 1.36. The van der Waals surface area contributed by atoms with E-state index < -0.39 is 0 Å². The summed E-state index contributed by atoms with van der Waals surface area (Å²) in [4.78, 5) is 3.65. The third kappa shape index (κ3) is 4.08. The topological polar surface area (TPSA) is 15.8 Å². The number of hydrogen-bond acceptors (Lipinski definition) is 0. The summed E-state index contributed by atoms with van der Waals surface area (Å²) < 4.78 is 0. The van der Waals surface area contributed by atoms with E-state index in [9.17, 15) is 0 Å². The molecule has 0 spiro atoms. The van der Waals surface area contributed by atoms with Crippen LogP contribution in [0.2, 0.25) is 0 Å². The van der Waals surface area contributed by atoms with E-state index in [1.54, 1.807) is 0 Å². The molecule has 1 aromatic carbocycles. The van der Waals surface area contributed by atoms with Crippen LogP contribution >= 0.6 is 0 Å². The maximum atomic E-state index is 3.65. The molecule has 2 aliphatic rings. The third-order valence-corrected chi connectivity index (χ3v) is 6.15. The Morgan fingerprint density at radius 2 is 1.32 bits per heavy atom. The molecule has 0 aliphatic heterocycles. The first-order valence-corrected chi connectivity index (χ1v) is 10.4. The first kappa shape index (κ1) is 16.7. The van der Waals surface area contributed by atoms with Gasteiger partial charge in [-0.3, -0.25) is 0 Å². The average molecular weight is 334 g/mol. The molecule has 1 aromatic heterocycles. The zero-order chi connectivity index (χ0) is 16.9. The molecule has 4 rings (SSSR count). The highest BCUT2D eigenvalue weighted by Crippen LogP contribution is 2.30. The lowest BCUT2D eigenvalue weighted by atomic mass is 9.88. The van der Waals surface area contributed by atoms with E-state index in [0.29, 0.717) is 0 Å². The number of fused-ring (bicyclic) bond motifs is 1. The molecule has 1 heteroatoms. The summed E-state index contributed by atoms with van der Waals surface area (Å²) in [5.41, 5.74) is 3.93. The number of para-hydroxylation sites is 1. The predicted octanol–water partition coefficient (Wildman–Crippen LogP) is 7.35. The summed E-state index contributed by atoms with van der Waals surface area (Å²) in [6, 6.07) is 8.74. The van der Waals surface area contributed by atoms with Crippen molar-refractivity contribution in [2.45, 2.75) is 64.2 Å². The highest BCUT2D eigenvalue weighted by atomic mass is 14.7. The van der Waals surface area contributed by atoms with E-state index >= 15 is 0 Å². The minimum atomic E-state index is 0.773. The van der Waals surface area contributed by atoms with Crippen LogP contribution in [0, 0.1) is 11.8 Å². The van der Waals surface area contributed by atoms with Crippen molar-refractivity contribution in [1.29, 1.82) is 0 Å². The first-order chi connectivity index (χ1) is 12.4. The van der Waals surface area contributed by atoms with Crippen molar-refractivity contribution in [2.75, 3.05) is 0 Å². The lowest BCUT2D eigenvalue weighted by Gasteiger charge is -2.18. The van der Waals surface area contributed by atoms with Gasteiger partial charge in [-0.2, -0.15) is 0 Å². The largest absolute Gasteiger partial charge is 0.355 e. The van der Waals surface area contributed by atoms with Gasteiger partial charge in [0.05, 0.1) is 0 Å². The van der Waals surface area contributed by atoms with Crippen molar-refractivity contribution in [1.82, 2.24) is 4.98 Å². The number of aromatic amines is 1. The normalized spacial score (nSPS) is 21.0. The van der Waals surface area contributed by atoms with Crippen molar-refractivity contribution in [2.24, 2.45) is 11.8 Å². The van der Waals surface area contributed by atoms with Gasteiger partial charge in [0.1, 0.15) is 0 Å². The standard InChI is InChI=1S/C24H31N/c1-3-9-19(10-4-1)15-17-22-21-13-7-8-14-23(21)25-24(22)18-16-20-11-5-2-6-12-20/h7-8,13-20,25H,1-6,9-12H2/b17-15+,18-16+. The fourth-order valence-corrected chi connectivity index (χ4v) is 4.61. The van der Waals surface area contributed by atoms with Crippen molar-refractivity contribution >= 4 is 23.1 Å². The summed E-state index contributed by atoms with van der Waals surface area (Å²) in [6.45, 7) is 0. The molecule has 0 unspecified atom stereocenters. The molecule has 2 saturated carbocycles. The molecular formula is C24H31N. The summed E-state index contributed by atoms with van der Waals surface area (Å²) in [6.07, 6.45) is 23.6. The highest BCUT2D eigenvalue weighted by Gasteiger charge is 2.13.